The van der Waals surface area contributed by atoms with Gasteiger partial charge < -0.3 is 9.63 Å². The molecule has 0 radical (unpaired) electrons. The summed E-state index contributed by atoms with van der Waals surface area (Å²) < 4.78 is 8.88. The van der Waals surface area contributed by atoms with E-state index in [0.29, 0.717) is 30.1 Å². The van der Waals surface area contributed by atoms with Crippen LogP contribution in [0, 0.1) is 6.92 Å². The lowest BCUT2D eigenvalue weighted by atomic mass is 10.0. The minimum Gasteiger partial charge on any atom is -0.506 e. The number of allylic oxidation sites excluding steroid dienone is 3. The largest absolute Gasteiger partial charge is 0.506 e. The van der Waals surface area contributed by atoms with Crippen molar-refractivity contribution in [3.05, 3.63) is 70.8 Å². The van der Waals surface area contributed by atoms with Crippen LogP contribution in [0.3, 0.4) is 0 Å². The van der Waals surface area contributed by atoms with Crippen LogP contribution in [-0.2, 0) is 12.3 Å². The van der Waals surface area contributed by atoms with Crippen molar-refractivity contribution in [1.29, 1.82) is 0 Å². The summed E-state index contributed by atoms with van der Waals surface area (Å²) >= 11 is 1.65. The normalized spacial score (nSPS) is 16.4. The number of aromatic nitrogens is 1. The summed E-state index contributed by atoms with van der Waals surface area (Å²) in [7, 11) is 0. The highest BCUT2D eigenvalue weighted by Gasteiger charge is 2.18. The van der Waals surface area contributed by atoms with Crippen LogP contribution in [-0.4, -0.2) is 16.0 Å². The van der Waals surface area contributed by atoms with Gasteiger partial charge in [-0.15, -0.1) is 0 Å². The molecule has 1 aliphatic heterocycles. The summed E-state index contributed by atoms with van der Waals surface area (Å²) in [6.45, 7) is 4.34. The van der Waals surface area contributed by atoms with E-state index >= 15 is 0 Å². The van der Waals surface area contributed by atoms with Crippen molar-refractivity contribution in [2.75, 3.05) is 0 Å². The van der Waals surface area contributed by atoms with E-state index in [1.165, 1.54) is 44.1 Å². The highest BCUT2D eigenvalue weighted by atomic mass is 32.2. The Bertz CT molecular complexity index is 901. The van der Waals surface area contributed by atoms with Gasteiger partial charge in [0, 0.05) is 17.9 Å². The lowest BCUT2D eigenvalue weighted by molar-refractivity contribution is 0.404. The molecule has 6 heteroatoms. The van der Waals surface area contributed by atoms with E-state index < -0.39 is 0 Å². The molecule has 4 rings (SSSR count). The summed E-state index contributed by atoms with van der Waals surface area (Å²) in [6.07, 6.45) is 13.3. The standard InChI is InChI=1S/C19H21N3O2S.C6H12/c1-13-16(11-20-25-12-15-7-4-3-5-8-15)19(24-22-13)17-9-6-10-18(23)14(2)21-17;1-2-4-6-5-3-1/h3-5,7-10,20,23H,6,11-12H2,1-2H3;1-6H2. The van der Waals surface area contributed by atoms with Crippen LogP contribution < -0.4 is 4.72 Å². The van der Waals surface area contributed by atoms with Crippen molar-refractivity contribution in [2.24, 2.45) is 4.99 Å². The third kappa shape index (κ3) is 7.40. The van der Waals surface area contributed by atoms with Gasteiger partial charge in [-0.1, -0.05) is 92.0 Å². The SMILES string of the molecule is C1CCCCC1.CC1=NC(c2onc(C)c2CNSCc2ccccc2)=CCC=C1O. The molecule has 2 heterocycles. The summed E-state index contributed by atoms with van der Waals surface area (Å²) in [4.78, 5) is 4.47. The molecule has 1 aromatic heterocycles. The van der Waals surface area contributed by atoms with Crippen molar-refractivity contribution in [3.8, 4) is 0 Å². The number of rotatable bonds is 6. The van der Waals surface area contributed by atoms with Crippen LogP contribution in [0.2, 0.25) is 0 Å². The van der Waals surface area contributed by atoms with E-state index in [4.69, 9.17) is 4.52 Å². The zero-order chi connectivity index (χ0) is 21.9. The fourth-order valence-corrected chi connectivity index (χ4v) is 4.26. The topological polar surface area (TPSA) is 70.7 Å². The molecule has 31 heavy (non-hydrogen) atoms. The molecule has 5 nitrogen and oxygen atoms in total. The zero-order valence-corrected chi connectivity index (χ0v) is 19.4. The van der Waals surface area contributed by atoms with Gasteiger partial charge in [-0.05, 0) is 31.9 Å². The van der Waals surface area contributed by atoms with Gasteiger partial charge in [0.2, 0.25) is 0 Å². The summed E-state index contributed by atoms with van der Waals surface area (Å²) in [5.74, 6) is 1.76. The van der Waals surface area contributed by atoms with E-state index in [1.54, 1.807) is 24.9 Å². The van der Waals surface area contributed by atoms with Crippen molar-refractivity contribution >= 4 is 23.4 Å². The zero-order valence-electron chi connectivity index (χ0n) is 18.6. The maximum absolute atomic E-state index is 9.81. The molecule has 2 N–H and O–H groups in total. The Kier molecular flexibility index (Phi) is 9.43. The van der Waals surface area contributed by atoms with Gasteiger partial charge in [-0.25, -0.2) is 4.99 Å². The molecule has 1 aliphatic carbocycles. The molecule has 0 saturated heterocycles. The lowest BCUT2D eigenvalue weighted by Gasteiger charge is -2.06. The van der Waals surface area contributed by atoms with Crippen LogP contribution in [0.15, 0.2) is 57.8 Å². The molecule has 0 amide bonds. The Morgan fingerprint density at radius 1 is 1.00 bits per heavy atom. The van der Waals surface area contributed by atoms with Gasteiger partial charge in [0.1, 0.15) is 11.5 Å². The predicted molar refractivity (Wildman–Crippen MR) is 130 cm³/mol. The van der Waals surface area contributed by atoms with Gasteiger partial charge in [0.25, 0.3) is 0 Å². The van der Waals surface area contributed by atoms with E-state index in [9.17, 15) is 5.11 Å². The summed E-state index contributed by atoms with van der Waals surface area (Å²) in [6, 6.07) is 10.3. The average molecular weight is 440 g/mol. The van der Waals surface area contributed by atoms with Crippen LogP contribution in [0.4, 0.5) is 0 Å². The first-order valence-corrected chi connectivity index (χ1v) is 12.1. The fourth-order valence-electron chi connectivity index (χ4n) is 3.55. The third-order valence-electron chi connectivity index (χ3n) is 5.43. The van der Waals surface area contributed by atoms with Gasteiger partial charge in [0.15, 0.2) is 5.76 Å². The van der Waals surface area contributed by atoms with Gasteiger partial charge in [-0.2, -0.15) is 0 Å². The number of aliphatic imine (C=N–C) groups is 1. The lowest BCUT2D eigenvalue weighted by Crippen LogP contribution is -2.06. The van der Waals surface area contributed by atoms with E-state index in [1.807, 2.05) is 31.2 Å². The highest BCUT2D eigenvalue weighted by molar-refractivity contribution is 7.96. The molecule has 166 valence electrons. The van der Waals surface area contributed by atoms with Crippen LogP contribution in [0.5, 0.6) is 0 Å². The maximum atomic E-state index is 9.81. The molecule has 0 bridgehead atoms. The molecule has 0 atom stereocenters. The first-order chi connectivity index (χ1) is 15.1. The summed E-state index contributed by atoms with van der Waals surface area (Å²) in [5, 5.41) is 13.9. The minimum atomic E-state index is 0.209. The quantitative estimate of drug-likeness (QED) is 0.378. The average Bonchev–Trinajstić information content (AvgIpc) is 3.09. The second kappa shape index (κ2) is 12.5. The number of nitrogens with zero attached hydrogens (tertiary/aromatic N) is 2. The Morgan fingerprint density at radius 3 is 2.35 bits per heavy atom. The first-order valence-electron chi connectivity index (χ1n) is 11.1. The Labute approximate surface area is 189 Å². The number of aliphatic hydroxyl groups excluding tert-OH is 1. The highest BCUT2D eigenvalue weighted by Crippen LogP contribution is 2.26. The van der Waals surface area contributed by atoms with E-state index in [0.717, 1.165) is 17.0 Å². The molecular weight excluding hydrogens is 406 g/mol. The molecule has 1 saturated carbocycles. The van der Waals surface area contributed by atoms with Crippen LogP contribution in [0.25, 0.3) is 5.70 Å². The van der Waals surface area contributed by atoms with Crippen molar-refractivity contribution < 1.29 is 9.63 Å². The molecule has 2 aliphatic rings. The fraction of sp³-hybridized carbons (Fsp3) is 0.440. The molecule has 0 unspecified atom stereocenters. The smallest absolute Gasteiger partial charge is 0.189 e. The summed E-state index contributed by atoms with van der Waals surface area (Å²) in [5.41, 5.74) is 4.40. The van der Waals surface area contributed by atoms with Gasteiger partial charge in [-0.3, -0.25) is 4.72 Å². The van der Waals surface area contributed by atoms with Crippen molar-refractivity contribution in [2.45, 2.75) is 71.1 Å². The molecule has 0 spiro atoms. The second-order valence-corrected chi connectivity index (χ2v) is 8.77. The molecule has 1 aromatic carbocycles. The second-order valence-electron chi connectivity index (χ2n) is 7.90. The number of aliphatic hydroxyl groups is 1. The van der Waals surface area contributed by atoms with E-state index in [2.05, 4.69) is 27.0 Å². The van der Waals surface area contributed by atoms with Crippen LogP contribution >= 0.6 is 11.9 Å². The van der Waals surface area contributed by atoms with Gasteiger partial charge in [0.05, 0.1) is 11.4 Å². The number of benzene rings is 1. The third-order valence-corrected chi connectivity index (χ3v) is 6.26. The monoisotopic (exact) mass is 439 g/mol. The Hall–Kier alpha value is -2.31. The Balaban J connectivity index is 0.000000391. The van der Waals surface area contributed by atoms with E-state index in [-0.39, 0.29) is 5.76 Å². The Morgan fingerprint density at radius 2 is 1.68 bits per heavy atom. The minimum absolute atomic E-state index is 0.209. The van der Waals surface area contributed by atoms with Gasteiger partial charge >= 0.3 is 0 Å². The van der Waals surface area contributed by atoms with Crippen molar-refractivity contribution in [3.63, 3.8) is 0 Å². The number of aryl methyl sites for hydroxylation is 1. The number of nitrogens with one attached hydrogen (secondary N) is 1. The number of hydrogen-bond donors (Lipinski definition) is 2. The molecule has 1 fully saturated rings. The molecule has 2 aromatic rings. The predicted octanol–water partition coefficient (Wildman–Crippen LogP) is 6.91. The first kappa shape index (κ1) is 23.4. The maximum Gasteiger partial charge on any atom is 0.189 e. The van der Waals surface area contributed by atoms with Crippen molar-refractivity contribution in [1.82, 2.24) is 9.88 Å². The molecular formula is C25H33N3O2S. The van der Waals surface area contributed by atoms with Crippen LogP contribution in [0.1, 0.15) is 74.5 Å². The number of hydrogen-bond acceptors (Lipinski definition) is 6.